The van der Waals surface area contributed by atoms with Gasteiger partial charge in [0.25, 0.3) is 0 Å². The van der Waals surface area contributed by atoms with Crippen LogP contribution < -0.4 is 0 Å². The van der Waals surface area contributed by atoms with Gasteiger partial charge in [-0.3, -0.25) is 0 Å². The van der Waals surface area contributed by atoms with E-state index in [9.17, 15) is 9.90 Å². The van der Waals surface area contributed by atoms with Gasteiger partial charge in [0.1, 0.15) is 0 Å². The van der Waals surface area contributed by atoms with Gasteiger partial charge in [-0.25, -0.2) is 4.79 Å². The monoisotopic (exact) mass is 314 g/mol. The molecule has 2 aromatic carbocycles. The second-order valence-electron chi connectivity index (χ2n) is 4.03. The summed E-state index contributed by atoms with van der Waals surface area (Å²) in [6.07, 6.45) is 0. The number of hydrogen-bond acceptors (Lipinski definition) is 1. The first-order valence-electron chi connectivity index (χ1n) is 5.40. The molecule has 19 heavy (non-hydrogen) atoms. The van der Waals surface area contributed by atoms with Gasteiger partial charge in [0, 0.05) is 5.56 Å². The summed E-state index contributed by atoms with van der Waals surface area (Å²) in [5.41, 5.74) is 2.06. The van der Waals surface area contributed by atoms with Crippen LogP contribution in [0.5, 0.6) is 0 Å². The third-order valence-corrected chi connectivity index (χ3v) is 4.07. The molecule has 0 amide bonds. The standard InChI is InChI=1S/C14H9Cl3O2/c1-7-4-2-3-5-8(7)11-9(14(18)19)6-10(15)12(16)13(11)17/h2-6H,1H3,(H,18,19). The quantitative estimate of drug-likeness (QED) is 0.761. The fourth-order valence-electron chi connectivity index (χ4n) is 1.88. The molecule has 98 valence electrons. The van der Waals surface area contributed by atoms with E-state index in [4.69, 9.17) is 34.8 Å². The summed E-state index contributed by atoms with van der Waals surface area (Å²) >= 11 is 18.1. The molecule has 0 aliphatic carbocycles. The van der Waals surface area contributed by atoms with Crippen LogP contribution in [0.4, 0.5) is 0 Å². The number of benzene rings is 2. The summed E-state index contributed by atoms with van der Waals surface area (Å²) in [6.45, 7) is 1.87. The molecule has 2 aromatic rings. The molecule has 0 spiro atoms. The van der Waals surface area contributed by atoms with E-state index in [0.29, 0.717) is 5.56 Å². The highest BCUT2D eigenvalue weighted by Gasteiger charge is 2.21. The van der Waals surface area contributed by atoms with Crippen molar-refractivity contribution in [3.05, 3.63) is 56.5 Å². The maximum Gasteiger partial charge on any atom is 0.336 e. The lowest BCUT2D eigenvalue weighted by Crippen LogP contribution is -2.02. The van der Waals surface area contributed by atoms with Gasteiger partial charge < -0.3 is 5.11 Å². The molecule has 0 saturated heterocycles. The van der Waals surface area contributed by atoms with E-state index in [1.807, 2.05) is 25.1 Å². The Morgan fingerprint density at radius 3 is 2.32 bits per heavy atom. The Hall–Kier alpha value is -1.22. The van der Waals surface area contributed by atoms with Crippen LogP contribution in [0.15, 0.2) is 30.3 Å². The summed E-state index contributed by atoms with van der Waals surface area (Å²) in [4.78, 5) is 11.4. The molecule has 0 heterocycles. The van der Waals surface area contributed by atoms with Crippen LogP contribution in [0.25, 0.3) is 11.1 Å². The molecule has 0 bridgehead atoms. The Labute approximate surface area is 125 Å². The topological polar surface area (TPSA) is 37.3 Å². The molecule has 0 aromatic heterocycles. The molecule has 0 fully saturated rings. The highest BCUT2D eigenvalue weighted by Crippen LogP contribution is 2.41. The number of halogens is 3. The molecule has 2 rings (SSSR count). The largest absolute Gasteiger partial charge is 0.478 e. The molecule has 0 saturated carbocycles. The second-order valence-corrected chi connectivity index (χ2v) is 5.19. The summed E-state index contributed by atoms with van der Waals surface area (Å²) in [5, 5.41) is 9.74. The van der Waals surface area contributed by atoms with Crippen LogP contribution >= 0.6 is 34.8 Å². The molecule has 1 N–H and O–H groups in total. The predicted molar refractivity (Wildman–Crippen MR) is 78.6 cm³/mol. The van der Waals surface area contributed by atoms with E-state index < -0.39 is 5.97 Å². The summed E-state index contributed by atoms with van der Waals surface area (Å²) in [7, 11) is 0. The minimum Gasteiger partial charge on any atom is -0.478 e. The van der Waals surface area contributed by atoms with Crippen molar-refractivity contribution in [1.29, 1.82) is 0 Å². The number of aromatic carboxylic acids is 1. The highest BCUT2D eigenvalue weighted by molar-refractivity contribution is 6.49. The Bertz CT molecular complexity index is 666. The molecule has 5 heteroatoms. The molecular formula is C14H9Cl3O2. The maximum atomic E-state index is 11.4. The van der Waals surface area contributed by atoms with Crippen molar-refractivity contribution in [2.75, 3.05) is 0 Å². The number of aryl methyl sites for hydroxylation is 1. The molecule has 0 aliphatic rings. The number of rotatable bonds is 2. The normalized spacial score (nSPS) is 10.5. The molecule has 2 nitrogen and oxygen atoms in total. The van der Waals surface area contributed by atoms with Crippen LogP contribution in [0.2, 0.25) is 15.1 Å². The lowest BCUT2D eigenvalue weighted by molar-refractivity contribution is 0.0697. The van der Waals surface area contributed by atoms with Gasteiger partial charge >= 0.3 is 5.97 Å². The first-order chi connectivity index (χ1) is 8.93. The van der Waals surface area contributed by atoms with Crippen molar-refractivity contribution >= 4 is 40.8 Å². The number of hydrogen-bond donors (Lipinski definition) is 1. The van der Waals surface area contributed by atoms with Crippen molar-refractivity contribution in [2.45, 2.75) is 6.92 Å². The van der Waals surface area contributed by atoms with Crippen LogP contribution in [-0.2, 0) is 0 Å². The Balaban J connectivity index is 2.86. The predicted octanol–water partition coefficient (Wildman–Crippen LogP) is 5.32. The average Bonchev–Trinajstić information content (AvgIpc) is 2.37. The lowest BCUT2D eigenvalue weighted by Gasteiger charge is -2.13. The number of carboxylic acids is 1. The average molecular weight is 316 g/mol. The van der Waals surface area contributed by atoms with Gasteiger partial charge in [-0.15, -0.1) is 0 Å². The Morgan fingerprint density at radius 1 is 1.11 bits per heavy atom. The molecular weight excluding hydrogens is 307 g/mol. The van der Waals surface area contributed by atoms with Crippen molar-refractivity contribution in [2.24, 2.45) is 0 Å². The number of carbonyl (C=O) groups is 1. The van der Waals surface area contributed by atoms with E-state index in [2.05, 4.69) is 0 Å². The third-order valence-electron chi connectivity index (χ3n) is 2.81. The zero-order valence-electron chi connectivity index (χ0n) is 9.88. The van der Waals surface area contributed by atoms with Crippen molar-refractivity contribution in [3.63, 3.8) is 0 Å². The minimum atomic E-state index is -1.10. The molecule has 0 unspecified atom stereocenters. The zero-order valence-corrected chi connectivity index (χ0v) is 12.1. The van der Waals surface area contributed by atoms with Gasteiger partial charge in [-0.1, -0.05) is 59.1 Å². The number of carboxylic acid groups (broad SMARTS) is 1. The SMILES string of the molecule is Cc1ccccc1-c1c(C(=O)O)cc(Cl)c(Cl)c1Cl. The Morgan fingerprint density at radius 2 is 1.74 bits per heavy atom. The zero-order chi connectivity index (χ0) is 14.2. The fraction of sp³-hybridized carbons (Fsp3) is 0.0714. The summed E-state index contributed by atoms with van der Waals surface area (Å²) < 4.78 is 0. The van der Waals surface area contributed by atoms with E-state index in [1.54, 1.807) is 6.07 Å². The maximum absolute atomic E-state index is 11.4. The fourth-order valence-corrected chi connectivity index (χ4v) is 2.59. The van der Waals surface area contributed by atoms with Crippen LogP contribution in [0.1, 0.15) is 15.9 Å². The van der Waals surface area contributed by atoms with Gasteiger partial charge in [-0.2, -0.15) is 0 Å². The van der Waals surface area contributed by atoms with E-state index in [0.717, 1.165) is 11.1 Å². The summed E-state index contributed by atoms with van der Waals surface area (Å²) in [5.74, 6) is -1.10. The summed E-state index contributed by atoms with van der Waals surface area (Å²) in [6, 6.07) is 8.67. The molecule has 0 aliphatic heterocycles. The highest BCUT2D eigenvalue weighted by atomic mass is 35.5. The first kappa shape index (κ1) is 14.2. The van der Waals surface area contributed by atoms with E-state index >= 15 is 0 Å². The van der Waals surface area contributed by atoms with Gasteiger partial charge in [-0.05, 0) is 24.1 Å². The second kappa shape index (κ2) is 5.41. The van der Waals surface area contributed by atoms with Gasteiger partial charge in [0.05, 0.1) is 20.6 Å². The third kappa shape index (κ3) is 2.57. The van der Waals surface area contributed by atoms with Crippen molar-refractivity contribution in [3.8, 4) is 11.1 Å². The van der Waals surface area contributed by atoms with Crippen molar-refractivity contribution < 1.29 is 9.90 Å². The van der Waals surface area contributed by atoms with Crippen LogP contribution in [0.3, 0.4) is 0 Å². The van der Waals surface area contributed by atoms with Gasteiger partial charge in [0.15, 0.2) is 0 Å². The molecule has 0 radical (unpaired) electrons. The van der Waals surface area contributed by atoms with E-state index in [1.165, 1.54) is 6.07 Å². The molecule has 0 atom stereocenters. The van der Waals surface area contributed by atoms with Crippen LogP contribution in [0, 0.1) is 6.92 Å². The smallest absolute Gasteiger partial charge is 0.336 e. The van der Waals surface area contributed by atoms with E-state index in [-0.39, 0.29) is 20.6 Å². The van der Waals surface area contributed by atoms with Crippen molar-refractivity contribution in [1.82, 2.24) is 0 Å². The lowest BCUT2D eigenvalue weighted by atomic mass is 9.96. The van der Waals surface area contributed by atoms with Crippen LogP contribution in [-0.4, -0.2) is 11.1 Å². The van der Waals surface area contributed by atoms with Gasteiger partial charge in [0.2, 0.25) is 0 Å². The minimum absolute atomic E-state index is 0.0358. The first-order valence-corrected chi connectivity index (χ1v) is 6.53. The Kier molecular flexibility index (Phi) is 4.04.